The Morgan fingerprint density at radius 3 is 2.00 bits per heavy atom. The third-order valence-electron chi connectivity index (χ3n) is 2.15. The lowest BCUT2D eigenvalue weighted by Gasteiger charge is -2.23. The zero-order chi connectivity index (χ0) is 9.30. The molecule has 1 aliphatic heterocycles. The van der Waals surface area contributed by atoms with E-state index >= 15 is 0 Å². The molecule has 0 bridgehead atoms. The molecule has 0 aromatic heterocycles. The molecular weight excluding hydrogens is 172 g/mol. The number of nitrogens with zero attached hydrogens (tertiary/aromatic N) is 2. The summed E-state index contributed by atoms with van der Waals surface area (Å²) >= 11 is 4.24. The number of rotatable bonds is 2. The Bertz CT molecular complexity index is 164. The molecule has 2 amide bonds. The SMILES string of the molecule is CC(C)N1CCN(C(C)S)C1=O. The maximum atomic E-state index is 11.6. The van der Waals surface area contributed by atoms with Gasteiger partial charge in [0.05, 0.1) is 5.37 Å². The van der Waals surface area contributed by atoms with Gasteiger partial charge in [-0.15, -0.1) is 0 Å². The molecular formula is C8H16N2OS. The van der Waals surface area contributed by atoms with Gasteiger partial charge in [0.1, 0.15) is 0 Å². The summed E-state index contributed by atoms with van der Waals surface area (Å²) in [6.07, 6.45) is 0. The van der Waals surface area contributed by atoms with Gasteiger partial charge in [0.15, 0.2) is 0 Å². The van der Waals surface area contributed by atoms with Gasteiger partial charge < -0.3 is 9.80 Å². The molecule has 1 unspecified atom stereocenters. The van der Waals surface area contributed by atoms with Crippen molar-refractivity contribution in [1.82, 2.24) is 9.80 Å². The predicted molar refractivity (Wildman–Crippen MR) is 52.4 cm³/mol. The predicted octanol–water partition coefficient (Wildman–Crippen LogP) is 1.41. The average Bonchev–Trinajstić information content (AvgIpc) is 2.30. The molecule has 0 aliphatic carbocycles. The van der Waals surface area contributed by atoms with E-state index in [-0.39, 0.29) is 11.4 Å². The molecule has 1 rings (SSSR count). The van der Waals surface area contributed by atoms with Gasteiger partial charge in [0.2, 0.25) is 0 Å². The minimum absolute atomic E-state index is 0.0289. The summed E-state index contributed by atoms with van der Waals surface area (Å²) in [6.45, 7) is 7.63. The maximum absolute atomic E-state index is 11.6. The molecule has 1 fully saturated rings. The molecule has 0 N–H and O–H groups in total. The summed E-state index contributed by atoms with van der Waals surface area (Å²) in [5.41, 5.74) is 0. The Balaban J connectivity index is 2.61. The molecule has 1 saturated heterocycles. The molecule has 1 atom stereocenters. The Morgan fingerprint density at radius 1 is 1.25 bits per heavy atom. The lowest BCUT2D eigenvalue weighted by atomic mass is 10.3. The Labute approximate surface area is 79.1 Å². The fourth-order valence-corrected chi connectivity index (χ4v) is 1.61. The molecule has 1 heterocycles. The second-order valence-corrected chi connectivity index (χ2v) is 4.14. The minimum Gasteiger partial charge on any atom is -0.320 e. The number of thiol groups is 1. The third-order valence-corrected chi connectivity index (χ3v) is 2.43. The van der Waals surface area contributed by atoms with Gasteiger partial charge >= 0.3 is 6.03 Å². The molecule has 0 saturated carbocycles. The van der Waals surface area contributed by atoms with Crippen LogP contribution in [0.4, 0.5) is 4.79 Å². The zero-order valence-corrected chi connectivity index (χ0v) is 8.71. The van der Waals surface area contributed by atoms with Crippen molar-refractivity contribution in [3.05, 3.63) is 0 Å². The second kappa shape index (κ2) is 3.56. The van der Waals surface area contributed by atoms with Crippen LogP contribution in [0.3, 0.4) is 0 Å². The fraction of sp³-hybridized carbons (Fsp3) is 0.875. The van der Waals surface area contributed by atoms with E-state index in [0.29, 0.717) is 6.04 Å². The highest BCUT2D eigenvalue weighted by atomic mass is 32.1. The first kappa shape index (κ1) is 9.71. The number of carbonyl (C=O) groups is 1. The number of carbonyl (C=O) groups excluding carboxylic acids is 1. The number of hydrogen-bond acceptors (Lipinski definition) is 2. The summed E-state index contributed by atoms with van der Waals surface area (Å²) in [4.78, 5) is 15.2. The highest BCUT2D eigenvalue weighted by Gasteiger charge is 2.31. The van der Waals surface area contributed by atoms with E-state index in [4.69, 9.17) is 0 Å². The van der Waals surface area contributed by atoms with Gasteiger partial charge in [-0.25, -0.2) is 4.79 Å². The highest BCUT2D eigenvalue weighted by molar-refractivity contribution is 7.80. The maximum Gasteiger partial charge on any atom is 0.321 e. The highest BCUT2D eigenvalue weighted by Crippen LogP contribution is 2.16. The van der Waals surface area contributed by atoms with Crippen molar-refractivity contribution in [2.24, 2.45) is 0 Å². The van der Waals surface area contributed by atoms with Crippen LogP contribution in [0.15, 0.2) is 0 Å². The molecule has 1 aliphatic rings. The summed E-state index contributed by atoms with van der Waals surface area (Å²) in [5.74, 6) is 0. The van der Waals surface area contributed by atoms with Crippen LogP contribution in [0.5, 0.6) is 0 Å². The van der Waals surface area contributed by atoms with Crippen molar-refractivity contribution < 1.29 is 4.79 Å². The smallest absolute Gasteiger partial charge is 0.320 e. The second-order valence-electron chi connectivity index (χ2n) is 3.39. The fourth-order valence-electron chi connectivity index (χ4n) is 1.40. The Hall–Kier alpha value is -0.380. The molecule has 0 aromatic rings. The van der Waals surface area contributed by atoms with Crippen LogP contribution >= 0.6 is 12.6 Å². The van der Waals surface area contributed by atoms with Crippen molar-refractivity contribution in [1.29, 1.82) is 0 Å². The molecule has 4 heteroatoms. The largest absolute Gasteiger partial charge is 0.321 e. The van der Waals surface area contributed by atoms with E-state index in [2.05, 4.69) is 12.6 Å². The van der Waals surface area contributed by atoms with Gasteiger partial charge in [-0.2, -0.15) is 12.6 Å². The number of urea groups is 1. The van der Waals surface area contributed by atoms with E-state index in [0.717, 1.165) is 13.1 Å². The van der Waals surface area contributed by atoms with Crippen molar-refractivity contribution in [3.8, 4) is 0 Å². The molecule has 70 valence electrons. The van der Waals surface area contributed by atoms with Crippen LogP contribution in [0.2, 0.25) is 0 Å². The lowest BCUT2D eigenvalue weighted by molar-refractivity contribution is 0.182. The first-order valence-electron chi connectivity index (χ1n) is 4.29. The van der Waals surface area contributed by atoms with Gasteiger partial charge in [-0.05, 0) is 20.8 Å². The average molecular weight is 188 g/mol. The van der Waals surface area contributed by atoms with Gasteiger partial charge in [-0.1, -0.05) is 0 Å². The van der Waals surface area contributed by atoms with Gasteiger partial charge in [0.25, 0.3) is 0 Å². The van der Waals surface area contributed by atoms with Crippen LogP contribution in [0, 0.1) is 0 Å². The standard InChI is InChI=1S/C8H16N2OS/c1-6(2)9-4-5-10(7(3)12)8(9)11/h6-7,12H,4-5H2,1-3H3. The van der Waals surface area contributed by atoms with Gasteiger partial charge in [-0.3, -0.25) is 0 Å². The third kappa shape index (κ3) is 1.68. The lowest BCUT2D eigenvalue weighted by Crippen LogP contribution is -2.38. The topological polar surface area (TPSA) is 23.6 Å². The van der Waals surface area contributed by atoms with Crippen LogP contribution < -0.4 is 0 Å². The van der Waals surface area contributed by atoms with E-state index in [1.807, 2.05) is 25.7 Å². The molecule has 0 spiro atoms. The summed E-state index contributed by atoms with van der Waals surface area (Å²) in [7, 11) is 0. The van der Waals surface area contributed by atoms with E-state index in [1.54, 1.807) is 4.90 Å². The van der Waals surface area contributed by atoms with Gasteiger partial charge in [0, 0.05) is 19.1 Å². The van der Waals surface area contributed by atoms with Crippen LogP contribution in [-0.4, -0.2) is 40.3 Å². The van der Waals surface area contributed by atoms with Crippen molar-refractivity contribution in [2.75, 3.05) is 13.1 Å². The van der Waals surface area contributed by atoms with Crippen molar-refractivity contribution in [2.45, 2.75) is 32.2 Å². The summed E-state index contributed by atoms with van der Waals surface area (Å²) in [6, 6.07) is 0.419. The summed E-state index contributed by atoms with van der Waals surface area (Å²) in [5, 5.41) is 0.0289. The molecule has 0 aromatic carbocycles. The quantitative estimate of drug-likeness (QED) is 0.651. The molecule has 12 heavy (non-hydrogen) atoms. The Kier molecular flexibility index (Phi) is 2.88. The summed E-state index contributed by atoms with van der Waals surface area (Å²) < 4.78 is 0. The van der Waals surface area contributed by atoms with E-state index in [1.165, 1.54) is 0 Å². The van der Waals surface area contributed by atoms with Crippen LogP contribution in [0.1, 0.15) is 20.8 Å². The van der Waals surface area contributed by atoms with Crippen LogP contribution in [0.25, 0.3) is 0 Å². The molecule has 3 nitrogen and oxygen atoms in total. The first-order valence-corrected chi connectivity index (χ1v) is 4.81. The Morgan fingerprint density at radius 2 is 1.75 bits per heavy atom. The minimum atomic E-state index is 0.0289. The molecule has 0 radical (unpaired) electrons. The van der Waals surface area contributed by atoms with E-state index in [9.17, 15) is 4.79 Å². The first-order chi connectivity index (χ1) is 5.54. The monoisotopic (exact) mass is 188 g/mol. The van der Waals surface area contributed by atoms with Crippen LogP contribution in [-0.2, 0) is 0 Å². The zero-order valence-electron chi connectivity index (χ0n) is 7.82. The van der Waals surface area contributed by atoms with Crippen molar-refractivity contribution >= 4 is 18.7 Å². The van der Waals surface area contributed by atoms with Crippen molar-refractivity contribution in [3.63, 3.8) is 0 Å². The normalized spacial score (nSPS) is 20.9. The number of hydrogen-bond donors (Lipinski definition) is 1. The van der Waals surface area contributed by atoms with E-state index < -0.39 is 0 Å². The number of amides is 2.